The van der Waals surface area contributed by atoms with E-state index in [1.807, 2.05) is 24.5 Å². The van der Waals surface area contributed by atoms with Gasteiger partial charge in [0, 0.05) is 11.1 Å². The predicted molar refractivity (Wildman–Crippen MR) is 88.9 cm³/mol. The molecule has 0 bridgehead atoms. The molecule has 3 heteroatoms. The topological polar surface area (TPSA) is 22.4 Å². The molecular formula is C18H20O2Si. The zero-order valence-corrected chi connectivity index (χ0v) is 13.7. The van der Waals surface area contributed by atoms with Gasteiger partial charge in [-0.25, -0.2) is 0 Å². The fourth-order valence-electron chi connectivity index (χ4n) is 2.39. The van der Waals surface area contributed by atoms with E-state index in [2.05, 4.69) is 50.0 Å². The van der Waals surface area contributed by atoms with Crippen molar-refractivity contribution in [1.29, 1.82) is 0 Å². The van der Waals surface area contributed by atoms with E-state index < -0.39 is 8.32 Å². The van der Waals surface area contributed by atoms with Crippen LogP contribution in [0.2, 0.25) is 19.6 Å². The fourth-order valence-corrected chi connectivity index (χ4v) is 2.95. The van der Waals surface area contributed by atoms with Gasteiger partial charge < -0.3 is 8.84 Å². The van der Waals surface area contributed by atoms with Gasteiger partial charge in [-0.2, -0.15) is 0 Å². The van der Waals surface area contributed by atoms with E-state index in [9.17, 15) is 0 Å². The van der Waals surface area contributed by atoms with E-state index in [0.29, 0.717) is 6.61 Å². The first-order valence-electron chi connectivity index (χ1n) is 7.23. The van der Waals surface area contributed by atoms with Gasteiger partial charge in [0.05, 0.1) is 12.9 Å². The minimum absolute atomic E-state index is 0.547. The van der Waals surface area contributed by atoms with E-state index in [1.165, 1.54) is 11.1 Å². The first-order chi connectivity index (χ1) is 10.0. The molecule has 0 saturated heterocycles. The lowest BCUT2D eigenvalue weighted by molar-refractivity contribution is 0.261. The number of hydrogen-bond acceptors (Lipinski definition) is 2. The van der Waals surface area contributed by atoms with Crippen LogP contribution < -0.4 is 0 Å². The molecule has 1 aliphatic carbocycles. The standard InChI is InChI=1S/C18H20O2Si/c1-21(2,3)20-13-18-16-11-7-10-15(16)17(12-19-18)14-8-5-4-6-9-14/h4-12H,13H2,1-3H3. The number of benzene rings is 1. The lowest BCUT2D eigenvalue weighted by Crippen LogP contribution is -2.25. The molecule has 1 aliphatic heterocycles. The van der Waals surface area contributed by atoms with Crippen LogP contribution in [-0.2, 0) is 11.0 Å². The van der Waals surface area contributed by atoms with Gasteiger partial charge in [0.25, 0.3) is 0 Å². The maximum Gasteiger partial charge on any atom is 0.184 e. The average molecular weight is 296 g/mol. The fraction of sp³-hybridized carbons (Fsp3) is 0.222. The van der Waals surface area contributed by atoms with Crippen molar-refractivity contribution in [2.45, 2.75) is 26.2 Å². The van der Waals surface area contributed by atoms with Gasteiger partial charge in [0.2, 0.25) is 0 Å². The highest BCUT2D eigenvalue weighted by molar-refractivity contribution is 6.69. The molecular weight excluding hydrogens is 276 g/mol. The molecule has 0 fully saturated rings. The average Bonchev–Trinajstić information content (AvgIpc) is 2.94. The van der Waals surface area contributed by atoms with Gasteiger partial charge in [-0.15, -0.1) is 0 Å². The van der Waals surface area contributed by atoms with Crippen LogP contribution >= 0.6 is 0 Å². The molecule has 1 heterocycles. The van der Waals surface area contributed by atoms with Crippen LogP contribution in [0.5, 0.6) is 0 Å². The molecule has 0 atom stereocenters. The van der Waals surface area contributed by atoms with Crippen LogP contribution in [-0.4, -0.2) is 8.32 Å². The molecule has 0 unspecified atom stereocenters. The summed E-state index contributed by atoms with van der Waals surface area (Å²) in [6, 6.07) is 16.7. The summed E-state index contributed by atoms with van der Waals surface area (Å²) in [6.07, 6.45) is 1.85. The van der Waals surface area contributed by atoms with Crippen LogP contribution in [0.15, 0.2) is 59.2 Å². The summed E-state index contributed by atoms with van der Waals surface area (Å²) < 4.78 is 11.9. The Morgan fingerprint density at radius 3 is 2.29 bits per heavy atom. The highest BCUT2D eigenvalue weighted by Gasteiger charge is 2.19. The van der Waals surface area contributed by atoms with Crippen LogP contribution in [0, 0.1) is 0 Å². The van der Waals surface area contributed by atoms with E-state index in [1.54, 1.807) is 0 Å². The van der Waals surface area contributed by atoms with E-state index >= 15 is 0 Å². The van der Waals surface area contributed by atoms with Crippen molar-refractivity contribution in [3.63, 3.8) is 0 Å². The summed E-state index contributed by atoms with van der Waals surface area (Å²) in [5, 5.41) is 0. The first-order valence-corrected chi connectivity index (χ1v) is 10.6. The zero-order chi connectivity index (χ0) is 14.9. The molecule has 0 amide bonds. The summed E-state index contributed by atoms with van der Waals surface area (Å²) in [7, 11) is -1.54. The lowest BCUT2D eigenvalue weighted by Gasteiger charge is -2.18. The maximum atomic E-state index is 5.98. The Hall–Kier alpha value is -1.84. The largest absolute Gasteiger partial charge is 0.466 e. The summed E-state index contributed by atoms with van der Waals surface area (Å²) in [6.45, 7) is 7.11. The second-order valence-corrected chi connectivity index (χ2v) is 10.7. The molecule has 0 saturated carbocycles. The quantitative estimate of drug-likeness (QED) is 0.601. The second kappa shape index (κ2) is 5.51. The normalized spacial score (nSPS) is 12.0. The molecule has 1 aromatic rings. The van der Waals surface area contributed by atoms with Crippen molar-refractivity contribution >= 4 is 8.32 Å². The van der Waals surface area contributed by atoms with Crippen molar-refractivity contribution in [2.75, 3.05) is 0 Å². The molecule has 2 nitrogen and oxygen atoms in total. The molecule has 0 spiro atoms. The summed E-state index contributed by atoms with van der Waals surface area (Å²) in [5.41, 5.74) is 4.68. The van der Waals surface area contributed by atoms with Crippen molar-refractivity contribution in [2.24, 2.45) is 0 Å². The Bertz CT molecular complexity index is 695. The molecule has 3 rings (SSSR count). The van der Waals surface area contributed by atoms with Gasteiger partial charge in [-0.3, -0.25) is 0 Å². The van der Waals surface area contributed by atoms with Crippen molar-refractivity contribution in [3.05, 3.63) is 60.6 Å². The van der Waals surface area contributed by atoms with Gasteiger partial charge in [0.15, 0.2) is 8.32 Å². The summed E-state index contributed by atoms with van der Waals surface area (Å²) in [5.74, 6) is 0.914. The summed E-state index contributed by atoms with van der Waals surface area (Å²) >= 11 is 0. The molecule has 0 aromatic heterocycles. The third kappa shape index (κ3) is 3.09. The van der Waals surface area contributed by atoms with Gasteiger partial charge in [-0.1, -0.05) is 48.5 Å². The van der Waals surface area contributed by atoms with E-state index in [-0.39, 0.29) is 0 Å². The molecule has 1 aromatic carbocycles. The molecule has 0 radical (unpaired) electrons. The lowest BCUT2D eigenvalue weighted by atomic mass is 9.99. The number of fused-ring (bicyclic) bond motifs is 1. The van der Waals surface area contributed by atoms with Crippen molar-refractivity contribution in [1.82, 2.24) is 0 Å². The Labute approximate surface area is 126 Å². The van der Waals surface area contributed by atoms with Crippen LogP contribution in [0.4, 0.5) is 0 Å². The molecule has 2 aliphatic rings. The van der Waals surface area contributed by atoms with Crippen LogP contribution in [0.1, 0.15) is 5.76 Å². The second-order valence-electron chi connectivity index (χ2n) is 6.19. The van der Waals surface area contributed by atoms with Crippen LogP contribution in [0.3, 0.4) is 0 Å². The number of rotatable bonds is 4. The molecule has 21 heavy (non-hydrogen) atoms. The monoisotopic (exact) mass is 296 g/mol. The van der Waals surface area contributed by atoms with E-state index in [0.717, 1.165) is 16.9 Å². The highest BCUT2D eigenvalue weighted by atomic mass is 28.4. The zero-order valence-electron chi connectivity index (χ0n) is 12.7. The Morgan fingerprint density at radius 2 is 1.57 bits per heavy atom. The van der Waals surface area contributed by atoms with Crippen LogP contribution in [0.25, 0.3) is 22.3 Å². The Morgan fingerprint density at radius 1 is 0.857 bits per heavy atom. The van der Waals surface area contributed by atoms with Gasteiger partial charge in [-0.05, 0) is 30.8 Å². The molecule has 0 N–H and O–H groups in total. The van der Waals surface area contributed by atoms with E-state index in [4.69, 9.17) is 8.84 Å². The maximum absolute atomic E-state index is 5.98. The van der Waals surface area contributed by atoms with Crippen molar-refractivity contribution in [3.8, 4) is 22.3 Å². The van der Waals surface area contributed by atoms with Gasteiger partial charge in [0.1, 0.15) is 5.76 Å². The first kappa shape index (κ1) is 14.1. The number of hydrogen-bond donors (Lipinski definition) is 0. The third-order valence-electron chi connectivity index (χ3n) is 3.45. The predicted octanol–water partition coefficient (Wildman–Crippen LogP) is 5.40. The summed E-state index contributed by atoms with van der Waals surface area (Å²) in [4.78, 5) is 0. The minimum Gasteiger partial charge on any atom is -0.466 e. The molecule has 108 valence electrons. The minimum atomic E-state index is -1.54. The SMILES string of the molecule is C[Si](C)(C)OCc1occ(-c2ccccc2)c2cccc1-2. The third-order valence-corrected chi connectivity index (χ3v) is 4.46. The highest BCUT2D eigenvalue weighted by Crippen LogP contribution is 2.37. The Balaban J connectivity index is 1.98. The van der Waals surface area contributed by atoms with Crippen molar-refractivity contribution < 1.29 is 8.84 Å². The van der Waals surface area contributed by atoms with Gasteiger partial charge >= 0.3 is 0 Å². The smallest absolute Gasteiger partial charge is 0.184 e. The Kier molecular flexibility index (Phi) is 3.70.